The summed E-state index contributed by atoms with van der Waals surface area (Å²) in [7, 11) is 0. The Morgan fingerprint density at radius 1 is 1.03 bits per heavy atom. The normalized spacial score (nSPS) is 21.0. The molecule has 2 aromatic heterocycles. The van der Waals surface area contributed by atoms with E-state index in [1.165, 1.54) is 4.68 Å². The van der Waals surface area contributed by atoms with Crippen LogP contribution >= 0.6 is 0 Å². The van der Waals surface area contributed by atoms with Gasteiger partial charge in [-0.3, -0.25) is 0 Å². The zero-order chi connectivity index (χ0) is 22.1. The van der Waals surface area contributed by atoms with Crippen LogP contribution in [0.3, 0.4) is 0 Å². The average molecular weight is 432 g/mol. The molecule has 1 saturated carbocycles. The summed E-state index contributed by atoms with van der Waals surface area (Å²) in [5.74, 6) is 0. The van der Waals surface area contributed by atoms with Crippen LogP contribution in [0.15, 0.2) is 76.4 Å². The topological polar surface area (TPSA) is 111 Å². The zero-order valence-electron chi connectivity index (χ0n) is 17.5. The molecule has 2 atom stereocenters. The molecular formula is C23H24N6O3. The van der Waals surface area contributed by atoms with Gasteiger partial charge in [-0.05, 0) is 30.5 Å². The van der Waals surface area contributed by atoms with Gasteiger partial charge in [-0.15, -0.1) is 5.10 Å². The molecule has 0 aliphatic heterocycles. The van der Waals surface area contributed by atoms with E-state index in [1.807, 2.05) is 36.4 Å². The molecule has 2 unspecified atom stereocenters. The van der Waals surface area contributed by atoms with Crippen molar-refractivity contribution in [3.05, 3.63) is 99.1 Å². The van der Waals surface area contributed by atoms with Gasteiger partial charge in [0.1, 0.15) is 11.3 Å². The summed E-state index contributed by atoms with van der Waals surface area (Å²) >= 11 is 0. The quantitative estimate of drug-likeness (QED) is 0.501. The average Bonchev–Trinajstić information content (AvgIpc) is 3.40. The SMILES string of the molecule is O=c1[nH]n(C2CCCCC2(O)c2cn(Cc3ccccc3)nn2)c(=O)n1-c1ccccc1. The summed E-state index contributed by atoms with van der Waals surface area (Å²) in [5, 5.41) is 22.8. The van der Waals surface area contributed by atoms with Crippen LogP contribution in [0.5, 0.6) is 0 Å². The highest BCUT2D eigenvalue weighted by atomic mass is 16.3. The van der Waals surface area contributed by atoms with Crippen LogP contribution in [-0.4, -0.2) is 34.4 Å². The van der Waals surface area contributed by atoms with Gasteiger partial charge in [0.25, 0.3) is 0 Å². The molecule has 1 fully saturated rings. The maximum atomic E-state index is 13.2. The van der Waals surface area contributed by atoms with Crippen LogP contribution in [0.2, 0.25) is 0 Å². The van der Waals surface area contributed by atoms with Gasteiger partial charge >= 0.3 is 11.4 Å². The molecule has 1 aliphatic carbocycles. The second kappa shape index (κ2) is 8.08. The van der Waals surface area contributed by atoms with Crippen molar-refractivity contribution in [3.63, 3.8) is 0 Å². The first-order valence-electron chi connectivity index (χ1n) is 10.7. The highest BCUT2D eigenvalue weighted by Crippen LogP contribution is 2.42. The molecule has 1 aliphatic rings. The maximum Gasteiger partial charge on any atom is 0.351 e. The zero-order valence-corrected chi connectivity index (χ0v) is 17.5. The molecule has 9 nitrogen and oxygen atoms in total. The van der Waals surface area contributed by atoms with Crippen LogP contribution < -0.4 is 11.4 Å². The summed E-state index contributed by atoms with van der Waals surface area (Å²) in [6.45, 7) is 0.524. The Morgan fingerprint density at radius 3 is 2.50 bits per heavy atom. The Kier molecular flexibility index (Phi) is 5.10. The van der Waals surface area contributed by atoms with Crippen LogP contribution in [0, 0.1) is 0 Å². The number of aromatic nitrogens is 6. The number of rotatable bonds is 5. The summed E-state index contributed by atoms with van der Waals surface area (Å²) < 4.78 is 4.01. The molecule has 0 spiro atoms. The number of hydrogen-bond donors (Lipinski definition) is 2. The number of aliphatic hydroxyl groups is 1. The van der Waals surface area contributed by atoms with Crippen molar-refractivity contribution in [3.8, 4) is 5.69 Å². The number of nitrogens with zero attached hydrogens (tertiary/aromatic N) is 5. The van der Waals surface area contributed by atoms with E-state index in [0.717, 1.165) is 23.0 Å². The third-order valence-electron chi connectivity index (χ3n) is 6.15. The Hall–Kier alpha value is -3.72. The second-order valence-electron chi connectivity index (χ2n) is 8.21. The van der Waals surface area contributed by atoms with Gasteiger partial charge in [0.15, 0.2) is 0 Å². The Morgan fingerprint density at radius 2 is 1.75 bits per heavy atom. The predicted octanol–water partition coefficient (Wildman–Crippen LogP) is 1.97. The van der Waals surface area contributed by atoms with E-state index in [1.54, 1.807) is 35.1 Å². The minimum Gasteiger partial charge on any atom is -0.381 e. The van der Waals surface area contributed by atoms with Gasteiger partial charge in [0.05, 0.1) is 24.5 Å². The molecule has 0 saturated heterocycles. The van der Waals surface area contributed by atoms with Crippen molar-refractivity contribution in [2.45, 2.75) is 43.9 Å². The fourth-order valence-electron chi connectivity index (χ4n) is 4.54. The molecule has 2 aromatic carbocycles. The van der Waals surface area contributed by atoms with Crippen molar-refractivity contribution in [1.82, 2.24) is 29.3 Å². The molecule has 164 valence electrons. The van der Waals surface area contributed by atoms with Gasteiger partial charge in [0, 0.05) is 0 Å². The number of H-pyrrole nitrogens is 1. The van der Waals surface area contributed by atoms with Gasteiger partial charge < -0.3 is 5.11 Å². The van der Waals surface area contributed by atoms with E-state index in [9.17, 15) is 14.7 Å². The van der Waals surface area contributed by atoms with Gasteiger partial charge in [-0.25, -0.2) is 28.6 Å². The van der Waals surface area contributed by atoms with Crippen LogP contribution in [0.4, 0.5) is 0 Å². The monoisotopic (exact) mass is 432 g/mol. The van der Waals surface area contributed by atoms with Crippen LogP contribution in [-0.2, 0) is 12.1 Å². The minimum absolute atomic E-state index is 0.401. The lowest BCUT2D eigenvalue weighted by Gasteiger charge is -2.38. The van der Waals surface area contributed by atoms with Gasteiger partial charge in [-0.2, -0.15) is 0 Å². The number of nitrogens with one attached hydrogen (secondary N) is 1. The third-order valence-corrected chi connectivity index (χ3v) is 6.15. The molecule has 5 rings (SSSR count). The van der Waals surface area contributed by atoms with Crippen molar-refractivity contribution in [2.24, 2.45) is 0 Å². The van der Waals surface area contributed by atoms with Crippen molar-refractivity contribution in [1.29, 1.82) is 0 Å². The summed E-state index contributed by atoms with van der Waals surface area (Å²) in [6.07, 6.45) is 4.30. The lowest BCUT2D eigenvalue weighted by Crippen LogP contribution is -2.44. The predicted molar refractivity (Wildman–Crippen MR) is 118 cm³/mol. The molecule has 9 heteroatoms. The third kappa shape index (κ3) is 3.50. The van der Waals surface area contributed by atoms with Gasteiger partial charge in [0.2, 0.25) is 0 Å². The first-order chi connectivity index (χ1) is 15.6. The fraction of sp³-hybridized carbons (Fsp3) is 0.304. The summed E-state index contributed by atoms with van der Waals surface area (Å²) in [4.78, 5) is 25.8. The van der Waals surface area contributed by atoms with Crippen LogP contribution in [0.1, 0.15) is 43.0 Å². The number of para-hydroxylation sites is 1. The van der Waals surface area contributed by atoms with E-state index in [-0.39, 0.29) is 0 Å². The molecule has 2 N–H and O–H groups in total. The Labute approximate surface area is 183 Å². The van der Waals surface area contributed by atoms with Crippen molar-refractivity contribution < 1.29 is 5.11 Å². The number of aromatic amines is 1. The lowest BCUT2D eigenvalue weighted by molar-refractivity contribution is -0.0565. The molecular weight excluding hydrogens is 408 g/mol. The van der Waals surface area contributed by atoms with E-state index >= 15 is 0 Å². The molecule has 32 heavy (non-hydrogen) atoms. The minimum atomic E-state index is -1.41. The largest absolute Gasteiger partial charge is 0.381 e. The van der Waals surface area contributed by atoms with Crippen molar-refractivity contribution in [2.75, 3.05) is 0 Å². The first-order valence-corrected chi connectivity index (χ1v) is 10.7. The highest BCUT2D eigenvalue weighted by Gasteiger charge is 2.45. The maximum absolute atomic E-state index is 13.2. The first kappa shape index (κ1) is 20.2. The lowest BCUT2D eigenvalue weighted by atomic mass is 9.78. The highest BCUT2D eigenvalue weighted by molar-refractivity contribution is 5.30. The molecule has 2 heterocycles. The fourth-order valence-corrected chi connectivity index (χ4v) is 4.54. The molecule has 0 amide bonds. The van der Waals surface area contributed by atoms with E-state index < -0.39 is 23.0 Å². The van der Waals surface area contributed by atoms with E-state index in [2.05, 4.69) is 15.4 Å². The molecule has 0 bridgehead atoms. The van der Waals surface area contributed by atoms with Crippen molar-refractivity contribution >= 4 is 0 Å². The van der Waals surface area contributed by atoms with Crippen LogP contribution in [0.25, 0.3) is 5.69 Å². The molecule has 4 aromatic rings. The Bertz CT molecular complexity index is 1320. The number of hydrogen-bond acceptors (Lipinski definition) is 5. The van der Waals surface area contributed by atoms with E-state index in [4.69, 9.17) is 0 Å². The standard InChI is InChI=1S/C23H24N6O3/c30-21-25-29(22(31)28(21)18-11-5-2-6-12-18)20-13-7-8-14-23(20,32)19-16-27(26-24-19)15-17-9-3-1-4-10-17/h1-6,9-12,16,20,32H,7-8,13-15H2,(H,25,30). The number of benzene rings is 2. The Balaban J connectivity index is 1.51. The summed E-state index contributed by atoms with van der Waals surface area (Å²) in [6, 6.07) is 17.9. The second-order valence-corrected chi connectivity index (χ2v) is 8.21. The van der Waals surface area contributed by atoms with E-state index in [0.29, 0.717) is 30.8 Å². The van der Waals surface area contributed by atoms with Gasteiger partial charge in [-0.1, -0.05) is 66.6 Å². The summed E-state index contributed by atoms with van der Waals surface area (Å²) in [5.41, 5.74) is -0.520. The molecule has 0 radical (unpaired) electrons. The smallest absolute Gasteiger partial charge is 0.351 e.